The van der Waals surface area contributed by atoms with E-state index in [9.17, 15) is 4.79 Å². The molecule has 0 saturated carbocycles. The molecule has 1 amide bonds. The first kappa shape index (κ1) is 15.8. The van der Waals surface area contributed by atoms with Crippen molar-refractivity contribution in [3.63, 3.8) is 0 Å². The minimum atomic E-state index is -0.366. The van der Waals surface area contributed by atoms with Crippen molar-refractivity contribution < 1.29 is 9.53 Å². The van der Waals surface area contributed by atoms with Crippen LogP contribution >= 0.6 is 0 Å². The molecule has 2 unspecified atom stereocenters. The van der Waals surface area contributed by atoms with Crippen molar-refractivity contribution in [2.24, 2.45) is 0 Å². The monoisotopic (exact) mass is 290 g/mol. The first-order chi connectivity index (χ1) is 10.1. The second-order valence-electron chi connectivity index (χ2n) is 5.86. The Morgan fingerprint density at radius 1 is 1.48 bits per heavy atom. The quantitative estimate of drug-likeness (QED) is 0.845. The van der Waals surface area contributed by atoms with Crippen molar-refractivity contribution >= 4 is 5.91 Å². The zero-order valence-electron chi connectivity index (χ0n) is 13.2. The van der Waals surface area contributed by atoms with Crippen LogP contribution in [0, 0.1) is 0 Å². The van der Waals surface area contributed by atoms with Gasteiger partial charge >= 0.3 is 0 Å². The van der Waals surface area contributed by atoms with Gasteiger partial charge in [-0.3, -0.25) is 4.79 Å². The number of methoxy groups -OCH3 is 1. The fraction of sp³-hybridized carbons (Fsp3) is 0.588. The summed E-state index contributed by atoms with van der Waals surface area (Å²) in [6, 6.07) is 8.04. The third-order valence-corrected chi connectivity index (χ3v) is 4.38. The van der Waals surface area contributed by atoms with Gasteiger partial charge in [-0.25, -0.2) is 0 Å². The minimum Gasteiger partial charge on any atom is -0.496 e. The Hall–Kier alpha value is -1.55. The summed E-state index contributed by atoms with van der Waals surface area (Å²) < 4.78 is 5.37. The van der Waals surface area contributed by atoms with Crippen LogP contribution in [0.1, 0.15) is 38.7 Å². The maximum absolute atomic E-state index is 12.5. The standard InChI is InChI=1S/C17H26N2O2/c1-4-17(10-7-11-18-17)16(20)19-13(2)12-14-8-5-6-9-15(14)21-3/h5-6,8-9,13,18H,4,7,10-12H2,1-3H3,(H,19,20). The third kappa shape index (κ3) is 3.56. The summed E-state index contributed by atoms with van der Waals surface area (Å²) in [6.45, 7) is 5.05. The Bertz CT molecular complexity index is 481. The van der Waals surface area contributed by atoms with Gasteiger partial charge in [0.15, 0.2) is 0 Å². The number of para-hydroxylation sites is 1. The number of hydrogen-bond donors (Lipinski definition) is 2. The van der Waals surface area contributed by atoms with Crippen LogP contribution < -0.4 is 15.4 Å². The molecule has 21 heavy (non-hydrogen) atoms. The Balaban J connectivity index is 1.98. The van der Waals surface area contributed by atoms with Crippen LogP contribution in [0.2, 0.25) is 0 Å². The summed E-state index contributed by atoms with van der Waals surface area (Å²) >= 11 is 0. The van der Waals surface area contributed by atoms with Gasteiger partial charge in [0.1, 0.15) is 5.75 Å². The van der Waals surface area contributed by atoms with Crippen molar-refractivity contribution in [2.45, 2.75) is 51.1 Å². The first-order valence-corrected chi connectivity index (χ1v) is 7.79. The van der Waals surface area contributed by atoms with Gasteiger partial charge in [-0.2, -0.15) is 0 Å². The van der Waals surface area contributed by atoms with Gasteiger partial charge in [-0.05, 0) is 50.8 Å². The molecule has 1 aromatic rings. The predicted octanol–water partition coefficient (Wildman–Crippen LogP) is 2.27. The van der Waals surface area contributed by atoms with Gasteiger partial charge in [0.25, 0.3) is 0 Å². The van der Waals surface area contributed by atoms with Crippen molar-refractivity contribution in [1.82, 2.24) is 10.6 Å². The molecule has 0 aliphatic carbocycles. The van der Waals surface area contributed by atoms with Gasteiger partial charge in [0, 0.05) is 6.04 Å². The molecule has 4 heteroatoms. The largest absolute Gasteiger partial charge is 0.496 e. The number of benzene rings is 1. The number of nitrogens with one attached hydrogen (secondary N) is 2. The van der Waals surface area contributed by atoms with Gasteiger partial charge < -0.3 is 15.4 Å². The van der Waals surface area contributed by atoms with E-state index in [0.29, 0.717) is 0 Å². The van der Waals surface area contributed by atoms with E-state index in [1.165, 1.54) is 0 Å². The highest BCUT2D eigenvalue weighted by molar-refractivity contribution is 5.86. The van der Waals surface area contributed by atoms with Crippen LogP contribution in [0.3, 0.4) is 0 Å². The summed E-state index contributed by atoms with van der Waals surface area (Å²) in [6.07, 6.45) is 3.61. The number of rotatable bonds is 6. The Labute approximate surface area is 127 Å². The van der Waals surface area contributed by atoms with Crippen LogP contribution in [0.5, 0.6) is 5.75 Å². The highest BCUT2D eigenvalue weighted by Crippen LogP contribution is 2.24. The maximum Gasteiger partial charge on any atom is 0.240 e. The number of carbonyl (C=O) groups is 1. The Morgan fingerprint density at radius 3 is 2.86 bits per heavy atom. The molecular weight excluding hydrogens is 264 g/mol. The average molecular weight is 290 g/mol. The minimum absolute atomic E-state index is 0.0830. The summed E-state index contributed by atoms with van der Waals surface area (Å²) in [5.41, 5.74) is 0.757. The summed E-state index contributed by atoms with van der Waals surface area (Å²) in [5.74, 6) is 1.01. The second kappa shape index (κ2) is 6.94. The Morgan fingerprint density at radius 2 is 2.24 bits per heavy atom. The number of hydrogen-bond acceptors (Lipinski definition) is 3. The van der Waals surface area contributed by atoms with Crippen LogP contribution in [0.4, 0.5) is 0 Å². The fourth-order valence-corrected chi connectivity index (χ4v) is 3.08. The molecular formula is C17H26N2O2. The smallest absolute Gasteiger partial charge is 0.240 e. The van der Waals surface area contributed by atoms with Crippen LogP contribution in [0.25, 0.3) is 0 Å². The molecule has 2 N–H and O–H groups in total. The van der Waals surface area contributed by atoms with E-state index in [0.717, 1.165) is 43.5 Å². The van der Waals surface area contributed by atoms with Crippen LogP contribution in [-0.2, 0) is 11.2 Å². The highest BCUT2D eigenvalue weighted by Gasteiger charge is 2.39. The van der Waals surface area contributed by atoms with Crippen molar-refractivity contribution in [3.8, 4) is 5.75 Å². The van der Waals surface area contributed by atoms with E-state index in [1.807, 2.05) is 31.2 Å². The molecule has 4 nitrogen and oxygen atoms in total. The number of amides is 1. The number of ether oxygens (including phenoxy) is 1. The van der Waals surface area contributed by atoms with Crippen molar-refractivity contribution in [3.05, 3.63) is 29.8 Å². The van der Waals surface area contributed by atoms with E-state index in [1.54, 1.807) is 7.11 Å². The summed E-state index contributed by atoms with van der Waals surface area (Å²) in [4.78, 5) is 12.5. The lowest BCUT2D eigenvalue weighted by atomic mass is 9.92. The molecule has 1 aliphatic rings. The van der Waals surface area contributed by atoms with E-state index in [4.69, 9.17) is 4.74 Å². The van der Waals surface area contributed by atoms with Crippen molar-refractivity contribution in [1.29, 1.82) is 0 Å². The fourth-order valence-electron chi connectivity index (χ4n) is 3.08. The molecule has 0 aromatic heterocycles. The molecule has 1 aromatic carbocycles. The Kier molecular flexibility index (Phi) is 5.23. The molecule has 2 atom stereocenters. The summed E-state index contributed by atoms with van der Waals surface area (Å²) in [7, 11) is 1.68. The molecule has 1 saturated heterocycles. The molecule has 2 rings (SSSR count). The molecule has 0 spiro atoms. The molecule has 0 radical (unpaired) electrons. The molecule has 1 aliphatic heterocycles. The SMILES string of the molecule is CCC1(C(=O)NC(C)Cc2ccccc2OC)CCCN1. The topological polar surface area (TPSA) is 50.4 Å². The van der Waals surface area contributed by atoms with Gasteiger partial charge in [-0.1, -0.05) is 25.1 Å². The average Bonchev–Trinajstić information content (AvgIpc) is 2.98. The second-order valence-corrected chi connectivity index (χ2v) is 5.86. The molecule has 1 heterocycles. The molecule has 0 bridgehead atoms. The van der Waals surface area contributed by atoms with E-state index >= 15 is 0 Å². The predicted molar refractivity (Wildman–Crippen MR) is 84.6 cm³/mol. The lowest BCUT2D eigenvalue weighted by Crippen LogP contribution is -2.55. The van der Waals surface area contributed by atoms with Gasteiger partial charge in [0.05, 0.1) is 12.6 Å². The first-order valence-electron chi connectivity index (χ1n) is 7.79. The summed E-state index contributed by atoms with van der Waals surface area (Å²) in [5, 5.41) is 6.53. The number of carbonyl (C=O) groups excluding carboxylic acids is 1. The third-order valence-electron chi connectivity index (χ3n) is 4.38. The maximum atomic E-state index is 12.5. The van der Waals surface area contributed by atoms with Crippen molar-refractivity contribution in [2.75, 3.05) is 13.7 Å². The lowest BCUT2D eigenvalue weighted by molar-refractivity contribution is -0.127. The zero-order chi connectivity index (χ0) is 15.3. The van der Waals surface area contributed by atoms with E-state index < -0.39 is 0 Å². The zero-order valence-corrected chi connectivity index (χ0v) is 13.2. The molecule has 1 fully saturated rings. The van der Waals surface area contributed by atoms with E-state index in [2.05, 4.69) is 17.6 Å². The molecule has 116 valence electrons. The van der Waals surface area contributed by atoms with Gasteiger partial charge in [0.2, 0.25) is 5.91 Å². The highest BCUT2D eigenvalue weighted by atomic mass is 16.5. The van der Waals surface area contributed by atoms with E-state index in [-0.39, 0.29) is 17.5 Å². The van der Waals surface area contributed by atoms with Gasteiger partial charge in [-0.15, -0.1) is 0 Å². The van der Waals surface area contributed by atoms with Crippen LogP contribution in [0.15, 0.2) is 24.3 Å². The normalized spacial score (nSPS) is 22.8. The van der Waals surface area contributed by atoms with Crippen LogP contribution in [-0.4, -0.2) is 31.1 Å². The lowest BCUT2D eigenvalue weighted by Gasteiger charge is -2.28.